The summed E-state index contributed by atoms with van der Waals surface area (Å²) in [5.41, 5.74) is 18.2. The van der Waals surface area contributed by atoms with Crippen LogP contribution < -0.4 is 51.1 Å². The van der Waals surface area contributed by atoms with Crippen molar-refractivity contribution in [3.05, 3.63) is 196 Å². The third-order valence-electron chi connectivity index (χ3n) is 26.2. The molecule has 12 heterocycles. The van der Waals surface area contributed by atoms with Crippen LogP contribution in [-0.2, 0) is 43.5 Å². The number of fused-ring (bicyclic) bond motifs is 4. The van der Waals surface area contributed by atoms with Crippen LogP contribution in [-0.4, -0.2) is 230 Å². The predicted molar refractivity (Wildman–Crippen MR) is 461 cm³/mol. The van der Waals surface area contributed by atoms with E-state index in [4.69, 9.17) is 18.9 Å². The number of pyridine rings is 2. The lowest BCUT2D eigenvalue weighted by Gasteiger charge is -2.45. The van der Waals surface area contributed by atoms with Gasteiger partial charge < -0.3 is 55.1 Å². The van der Waals surface area contributed by atoms with E-state index in [1.54, 1.807) is 34.3 Å². The van der Waals surface area contributed by atoms with Crippen LogP contribution >= 0.6 is 0 Å². The summed E-state index contributed by atoms with van der Waals surface area (Å²) in [4.78, 5) is 128. The normalized spacial score (nSPS) is 22.8. The Morgan fingerprint density at radius 2 is 0.958 bits per heavy atom. The third kappa shape index (κ3) is 17.5. The first-order valence-electron chi connectivity index (χ1n) is 42.5. The van der Waals surface area contributed by atoms with Gasteiger partial charge in [0.15, 0.2) is 0 Å². The molecule has 6 atom stereocenters. The number of benzene rings is 6. The maximum absolute atomic E-state index is 15.7. The minimum Gasteiger partial charge on any atom is -0.399 e. The molecule has 6 aromatic carbocycles. The zero-order valence-electron chi connectivity index (χ0n) is 68.7. The smallest absolute Gasteiger partial charge is 0.255 e. The first kappa shape index (κ1) is 81.9. The van der Waals surface area contributed by atoms with Crippen LogP contribution in [0.4, 0.5) is 60.0 Å². The highest BCUT2D eigenvalue weighted by Crippen LogP contribution is 2.40. The van der Waals surface area contributed by atoms with Gasteiger partial charge in [-0.3, -0.25) is 64.0 Å². The largest absolute Gasteiger partial charge is 0.399 e. The van der Waals surface area contributed by atoms with Gasteiger partial charge in [-0.1, -0.05) is 30.3 Å². The summed E-state index contributed by atoms with van der Waals surface area (Å²) in [6.07, 6.45) is 8.90. The van der Waals surface area contributed by atoms with E-state index in [2.05, 4.69) is 127 Å². The van der Waals surface area contributed by atoms with Crippen molar-refractivity contribution in [2.24, 2.45) is 11.8 Å². The zero-order valence-corrected chi connectivity index (χ0v) is 68.7. The minimum absolute atomic E-state index is 0.00943. The van der Waals surface area contributed by atoms with Crippen molar-refractivity contribution < 1.29 is 42.3 Å². The van der Waals surface area contributed by atoms with E-state index in [9.17, 15) is 38.0 Å². The second-order valence-corrected chi connectivity index (χ2v) is 34.0. The summed E-state index contributed by atoms with van der Waals surface area (Å²) >= 11 is 0. The summed E-state index contributed by atoms with van der Waals surface area (Å²) < 4.78 is 30.0. The van der Waals surface area contributed by atoms with E-state index in [0.29, 0.717) is 114 Å². The van der Waals surface area contributed by atoms with Gasteiger partial charge in [-0.15, -0.1) is 0 Å². The standard InChI is InChI=1S/C47H52FN9O4.C29H35FN6O3.C16H18N4/c1-30-27-56(31(2)26-55(30)40-11-9-39(49-3)45-37(40)5-4-16-50-45)44(59)24-33-6-10-41(38(48)23-33)54-17-14-32(15-18-54)28-52-19-21-53(22-20-52)35-7-8-36-34(25-35)29-57(47(36)61)42-12-13-43(58)51-46(42)60;30-24-16-21(31)1-4-25(24)35-9-7-19(8-10-35)17-33-11-13-34(14-12-33)22-2-3-23-20(15-22)18-36(29(23)39)26-5-6-27(37)32-28(26)38;1-11-10-20(12(2)9-19-11)15-7-6-14(17-3)16-13(15)5-4-8-18-16/h4-11,16,23,25,30-32,42H,12-15,17-22,24,26-29H2,1-2H3,(H,51,58,60);1-4,15-16,19,26H,5-14,17-18,31H2,(H,32,37,38);4-8,11-12,19H,9-10H2,1-2H3/t30-,31+,42-;26-;11-,12+/m001/s1. The Bertz CT molecular complexity index is 5340. The number of hydrogen-bond donors (Lipinski definition) is 4. The molecule has 8 fully saturated rings. The number of nitrogen functional groups attached to an aromatic ring is 1. The number of hydrogen-bond acceptors (Lipinski definition) is 19. The number of halogens is 2. The number of piperazine rings is 4. The number of carbonyl (C=O) groups is 7. The summed E-state index contributed by atoms with van der Waals surface area (Å²) in [6.45, 7) is 40.1. The van der Waals surface area contributed by atoms with Crippen molar-refractivity contribution in [1.82, 2.24) is 50.4 Å². The number of imide groups is 2. The van der Waals surface area contributed by atoms with Crippen LogP contribution in [0.25, 0.3) is 31.5 Å². The molecule has 5 N–H and O–H groups in total. The lowest BCUT2D eigenvalue weighted by atomic mass is 9.95. The number of amides is 7. The Balaban J connectivity index is 0.000000153. The molecule has 0 bridgehead atoms. The molecule has 10 aliphatic heterocycles. The van der Waals surface area contributed by atoms with Crippen molar-refractivity contribution in [3.8, 4) is 0 Å². The molecule has 0 aliphatic carbocycles. The van der Waals surface area contributed by atoms with Crippen LogP contribution in [0.1, 0.15) is 116 Å². The van der Waals surface area contributed by atoms with Crippen molar-refractivity contribution in [1.29, 1.82) is 0 Å². The average molecular weight is 1630 g/mol. The van der Waals surface area contributed by atoms with Crippen LogP contribution in [0.2, 0.25) is 0 Å². The number of nitrogens with one attached hydrogen (secondary N) is 3. The highest BCUT2D eigenvalue weighted by Gasteiger charge is 2.43. The van der Waals surface area contributed by atoms with Gasteiger partial charge in [-0.25, -0.2) is 18.5 Å². The fourth-order valence-electron chi connectivity index (χ4n) is 19.4. The Labute approximate surface area is 699 Å². The molecule has 8 saturated heterocycles. The van der Waals surface area contributed by atoms with Crippen molar-refractivity contribution in [3.63, 3.8) is 0 Å². The molecule has 8 aromatic rings. The number of nitrogens with two attached hydrogens (primary N) is 1. The Morgan fingerprint density at radius 1 is 0.492 bits per heavy atom. The predicted octanol–water partition coefficient (Wildman–Crippen LogP) is 10.6. The van der Waals surface area contributed by atoms with E-state index in [-0.39, 0.29) is 78.4 Å². The first-order chi connectivity index (χ1) is 58.1. The number of carbonyl (C=O) groups excluding carboxylic acids is 7. The quantitative estimate of drug-likeness (QED) is 0.0449. The fraction of sp³-hybridized carbons (Fsp3) is 0.446. The highest BCUT2D eigenvalue weighted by atomic mass is 19.1. The Hall–Kier alpha value is -11.9. The molecule has 624 valence electrons. The molecule has 26 nitrogen and oxygen atoms in total. The van der Waals surface area contributed by atoms with Gasteiger partial charge in [0.05, 0.1) is 42.0 Å². The SMILES string of the molecule is Nc1ccc(N2CCC(CN3CCN(c4ccc5c(c4)CN([C@H]4CCC(=O)NC4=O)C5=O)CC3)CC2)c(F)c1.[C-]#[N+]c1ccc(N2C[C@@H](C)N(C(=O)Cc3ccc(N4CCC(CN5CCN(c6ccc7c(c6)CN([C@H]6CCC(=O)NC6=O)C7=O)CC5)CC4)c(F)c3)C[C@@H]2C)c2cccnc12.[C-]#[N+]c1ccc(N2C[C@@H](C)NC[C@@H]2C)c2cccnc12. The number of rotatable bonds is 14. The van der Waals surface area contributed by atoms with Crippen molar-refractivity contribution >= 4 is 114 Å². The van der Waals surface area contributed by atoms with E-state index in [1.165, 1.54) is 17.8 Å². The van der Waals surface area contributed by atoms with Crippen LogP contribution in [0.3, 0.4) is 0 Å². The van der Waals surface area contributed by atoms with E-state index < -0.39 is 18.0 Å². The van der Waals surface area contributed by atoms with Gasteiger partial charge >= 0.3 is 0 Å². The van der Waals surface area contributed by atoms with Gasteiger partial charge in [0.2, 0.25) is 40.9 Å². The number of aromatic nitrogens is 2. The summed E-state index contributed by atoms with van der Waals surface area (Å²) in [5.74, 6) is -1.03. The zero-order chi connectivity index (χ0) is 83.6. The maximum atomic E-state index is 15.7. The van der Waals surface area contributed by atoms with Gasteiger partial charge in [-0.05, 0) is 186 Å². The average Bonchev–Trinajstić information content (AvgIpc) is 1.29. The van der Waals surface area contributed by atoms with Crippen LogP contribution in [0.15, 0.2) is 134 Å². The lowest BCUT2D eigenvalue weighted by Crippen LogP contribution is -2.58. The molecule has 10 aliphatic rings. The molecule has 0 spiro atoms. The summed E-state index contributed by atoms with van der Waals surface area (Å²) in [7, 11) is 0. The molecular formula is C92H105F2N19O7. The van der Waals surface area contributed by atoms with Crippen molar-refractivity contribution in [2.45, 2.75) is 135 Å². The molecule has 0 radical (unpaired) electrons. The van der Waals surface area contributed by atoms with Gasteiger partial charge in [0.1, 0.15) is 23.7 Å². The number of piperidine rings is 4. The lowest BCUT2D eigenvalue weighted by molar-refractivity contribution is -0.138. The highest BCUT2D eigenvalue weighted by molar-refractivity contribution is 6.07. The maximum Gasteiger partial charge on any atom is 0.255 e. The monoisotopic (exact) mass is 1630 g/mol. The van der Waals surface area contributed by atoms with E-state index >= 15 is 4.39 Å². The minimum atomic E-state index is -0.616. The molecule has 28 heteroatoms. The summed E-state index contributed by atoms with van der Waals surface area (Å²) in [5, 5.41) is 10.2. The van der Waals surface area contributed by atoms with Gasteiger partial charge in [0, 0.05) is 231 Å². The Kier molecular flexibility index (Phi) is 24.3. The molecule has 0 unspecified atom stereocenters. The molecule has 120 heavy (non-hydrogen) atoms. The van der Waals surface area contributed by atoms with Crippen molar-refractivity contribution in [2.75, 3.05) is 153 Å². The molecule has 0 saturated carbocycles. The first-order valence-corrected chi connectivity index (χ1v) is 42.5. The third-order valence-corrected chi connectivity index (χ3v) is 26.2. The molecule has 18 rings (SSSR count). The second-order valence-electron chi connectivity index (χ2n) is 34.0. The van der Waals surface area contributed by atoms with Gasteiger partial charge in [0.25, 0.3) is 11.8 Å². The molecular weight excluding hydrogens is 1520 g/mol. The van der Waals surface area contributed by atoms with Crippen LogP contribution in [0, 0.1) is 36.6 Å². The fourth-order valence-corrected chi connectivity index (χ4v) is 19.4. The Morgan fingerprint density at radius 3 is 1.43 bits per heavy atom. The molecule has 2 aromatic heterocycles. The van der Waals surface area contributed by atoms with E-state index in [1.807, 2.05) is 77.7 Å². The topological polar surface area (TPSA) is 252 Å². The van der Waals surface area contributed by atoms with E-state index in [0.717, 1.165) is 175 Å². The van der Waals surface area contributed by atoms with Gasteiger partial charge in [-0.2, -0.15) is 0 Å². The van der Waals surface area contributed by atoms with Crippen LogP contribution in [0.5, 0.6) is 0 Å². The molecule has 7 amide bonds. The second kappa shape index (κ2) is 35.6. The summed E-state index contributed by atoms with van der Waals surface area (Å²) in [6, 6.07) is 37.5. The number of anilines is 7. The number of nitrogens with zero attached hydrogens (tertiary/aromatic N) is 15.